The predicted molar refractivity (Wildman–Crippen MR) is 98.9 cm³/mol. The molecule has 0 spiro atoms. The molecular formula is C20H20ClNO3. The fourth-order valence-corrected chi connectivity index (χ4v) is 2.66. The zero-order valence-corrected chi connectivity index (χ0v) is 14.8. The SMILES string of the molecule is CC[C@@H](C(=O)CCC(=O)Nc1ccc(Cl)cc1)C(=O)c1ccccc1. The van der Waals surface area contributed by atoms with Crippen LogP contribution >= 0.6 is 11.6 Å². The molecule has 4 nitrogen and oxygen atoms in total. The van der Waals surface area contributed by atoms with Gasteiger partial charge in [-0.05, 0) is 30.7 Å². The van der Waals surface area contributed by atoms with Crippen molar-refractivity contribution in [3.05, 3.63) is 65.2 Å². The number of Topliss-reactive ketones (excluding diaryl/α,β-unsaturated/α-hetero) is 2. The Bertz CT molecular complexity index is 741. The molecule has 0 aromatic heterocycles. The van der Waals surface area contributed by atoms with Crippen molar-refractivity contribution in [1.82, 2.24) is 0 Å². The van der Waals surface area contributed by atoms with Crippen LogP contribution in [0, 0.1) is 5.92 Å². The first-order valence-corrected chi connectivity index (χ1v) is 8.56. The molecule has 2 rings (SSSR count). The lowest BCUT2D eigenvalue weighted by Crippen LogP contribution is -2.25. The summed E-state index contributed by atoms with van der Waals surface area (Å²) in [5, 5.41) is 3.29. The molecule has 5 heteroatoms. The smallest absolute Gasteiger partial charge is 0.224 e. The molecule has 1 atom stereocenters. The summed E-state index contributed by atoms with van der Waals surface area (Å²) in [4.78, 5) is 36.8. The second kappa shape index (κ2) is 9.14. The summed E-state index contributed by atoms with van der Waals surface area (Å²) in [6, 6.07) is 15.5. The molecule has 0 aliphatic rings. The molecule has 0 radical (unpaired) electrons. The summed E-state index contributed by atoms with van der Waals surface area (Å²) in [7, 11) is 0. The van der Waals surface area contributed by atoms with Crippen LogP contribution in [-0.2, 0) is 9.59 Å². The first-order chi connectivity index (χ1) is 12.0. The highest BCUT2D eigenvalue weighted by atomic mass is 35.5. The summed E-state index contributed by atoms with van der Waals surface area (Å²) >= 11 is 5.79. The Morgan fingerprint density at radius 1 is 0.960 bits per heavy atom. The summed E-state index contributed by atoms with van der Waals surface area (Å²) in [5.41, 5.74) is 1.14. The van der Waals surface area contributed by atoms with Gasteiger partial charge >= 0.3 is 0 Å². The van der Waals surface area contributed by atoms with E-state index in [0.29, 0.717) is 22.7 Å². The number of hydrogen-bond donors (Lipinski definition) is 1. The highest BCUT2D eigenvalue weighted by molar-refractivity contribution is 6.30. The number of benzene rings is 2. The van der Waals surface area contributed by atoms with Gasteiger partial charge in [-0.1, -0.05) is 48.9 Å². The summed E-state index contributed by atoms with van der Waals surface area (Å²) < 4.78 is 0. The van der Waals surface area contributed by atoms with E-state index in [1.165, 1.54) is 0 Å². The minimum absolute atomic E-state index is 0.0382. The van der Waals surface area contributed by atoms with Crippen LogP contribution in [0.25, 0.3) is 0 Å². The van der Waals surface area contributed by atoms with E-state index in [2.05, 4.69) is 5.32 Å². The van der Waals surface area contributed by atoms with Gasteiger partial charge < -0.3 is 5.32 Å². The van der Waals surface area contributed by atoms with Crippen LogP contribution in [0.3, 0.4) is 0 Å². The molecule has 25 heavy (non-hydrogen) atoms. The highest BCUT2D eigenvalue weighted by Crippen LogP contribution is 2.17. The average molecular weight is 358 g/mol. The molecule has 0 aliphatic carbocycles. The Morgan fingerprint density at radius 3 is 2.20 bits per heavy atom. The van der Waals surface area contributed by atoms with Crippen molar-refractivity contribution in [2.75, 3.05) is 5.32 Å². The molecule has 1 amide bonds. The molecule has 2 aromatic carbocycles. The summed E-state index contributed by atoms with van der Waals surface area (Å²) in [6.45, 7) is 1.80. The number of ketones is 2. The zero-order chi connectivity index (χ0) is 18.2. The van der Waals surface area contributed by atoms with E-state index in [9.17, 15) is 14.4 Å². The van der Waals surface area contributed by atoms with Gasteiger partial charge in [-0.3, -0.25) is 14.4 Å². The van der Waals surface area contributed by atoms with E-state index in [-0.39, 0.29) is 30.3 Å². The average Bonchev–Trinajstić information content (AvgIpc) is 2.63. The molecule has 0 saturated heterocycles. The lowest BCUT2D eigenvalue weighted by atomic mass is 9.89. The molecule has 0 bridgehead atoms. The standard InChI is InChI=1S/C20H20ClNO3/c1-2-17(20(25)14-6-4-3-5-7-14)18(23)12-13-19(24)22-16-10-8-15(21)9-11-16/h3-11,17H,2,12-13H2,1H3,(H,22,24)/t17-/m0/s1. The quantitative estimate of drug-likeness (QED) is 0.557. The minimum atomic E-state index is -0.703. The number of amides is 1. The van der Waals surface area contributed by atoms with Crippen LogP contribution in [0.2, 0.25) is 5.02 Å². The first-order valence-electron chi connectivity index (χ1n) is 8.18. The first kappa shape index (κ1) is 18.9. The van der Waals surface area contributed by atoms with Gasteiger partial charge in [0, 0.05) is 29.1 Å². The number of halogens is 1. The van der Waals surface area contributed by atoms with Crippen molar-refractivity contribution < 1.29 is 14.4 Å². The van der Waals surface area contributed by atoms with Crippen molar-refractivity contribution in [2.24, 2.45) is 5.92 Å². The van der Waals surface area contributed by atoms with Gasteiger partial charge in [0.05, 0.1) is 5.92 Å². The number of carbonyl (C=O) groups excluding carboxylic acids is 3. The third kappa shape index (κ3) is 5.54. The molecule has 130 valence electrons. The van der Waals surface area contributed by atoms with Crippen molar-refractivity contribution in [3.8, 4) is 0 Å². The van der Waals surface area contributed by atoms with E-state index < -0.39 is 5.92 Å². The fraction of sp³-hybridized carbons (Fsp3) is 0.250. The van der Waals surface area contributed by atoms with Crippen LogP contribution in [0.5, 0.6) is 0 Å². The van der Waals surface area contributed by atoms with Crippen molar-refractivity contribution in [2.45, 2.75) is 26.2 Å². The number of anilines is 1. The summed E-state index contributed by atoms with van der Waals surface area (Å²) in [6.07, 6.45) is 0.502. The third-order valence-electron chi connectivity index (χ3n) is 3.90. The maximum Gasteiger partial charge on any atom is 0.224 e. The number of hydrogen-bond acceptors (Lipinski definition) is 3. The van der Waals surface area contributed by atoms with Gasteiger partial charge in [0.1, 0.15) is 5.78 Å². The van der Waals surface area contributed by atoms with E-state index in [4.69, 9.17) is 11.6 Å². The predicted octanol–water partition coefficient (Wildman–Crippen LogP) is 4.54. The Kier molecular flexibility index (Phi) is 6.90. The molecule has 0 heterocycles. The summed E-state index contributed by atoms with van der Waals surface area (Å²) in [5.74, 6) is -1.36. The molecule has 1 N–H and O–H groups in total. The minimum Gasteiger partial charge on any atom is -0.326 e. The number of carbonyl (C=O) groups is 3. The fourth-order valence-electron chi connectivity index (χ4n) is 2.53. The van der Waals surface area contributed by atoms with Gasteiger partial charge in [-0.15, -0.1) is 0 Å². The van der Waals surface area contributed by atoms with Crippen LogP contribution in [-0.4, -0.2) is 17.5 Å². The van der Waals surface area contributed by atoms with Gasteiger partial charge in [0.25, 0.3) is 0 Å². The number of rotatable bonds is 8. The monoisotopic (exact) mass is 357 g/mol. The second-order valence-electron chi connectivity index (χ2n) is 5.71. The second-order valence-corrected chi connectivity index (χ2v) is 6.15. The van der Waals surface area contributed by atoms with Gasteiger partial charge in [0.2, 0.25) is 5.91 Å². The normalized spacial score (nSPS) is 11.6. The Labute approximate surface area is 152 Å². The Hall–Kier alpha value is -2.46. The molecule has 2 aromatic rings. The maximum absolute atomic E-state index is 12.5. The van der Waals surface area contributed by atoms with E-state index in [1.807, 2.05) is 6.07 Å². The van der Waals surface area contributed by atoms with Crippen molar-refractivity contribution >= 4 is 34.8 Å². The topological polar surface area (TPSA) is 63.2 Å². The lowest BCUT2D eigenvalue weighted by molar-refractivity contribution is -0.124. The zero-order valence-electron chi connectivity index (χ0n) is 14.0. The number of nitrogens with one attached hydrogen (secondary N) is 1. The van der Waals surface area contributed by atoms with Crippen molar-refractivity contribution in [1.29, 1.82) is 0 Å². The van der Waals surface area contributed by atoms with E-state index in [1.54, 1.807) is 55.5 Å². The van der Waals surface area contributed by atoms with Crippen molar-refractivity contribution in [3.63, 3.8) is 0 Å². The van der Waals surface area contributed by atoms with Gasteiger partial charge in [0.15, 0.2) is 5.78 Å². The third-order valence-corrected chi connectivity index (χ3v) is 4.15. The molecule has 0 fully saturated rings. The van der Waals surface area contributed by atoms with Gasteiger partial charge in [-0.25, -0.2) is 0 Å². The van der Waals surface area contributed by atoms with Crippen LogP contribution in [0.1, 0.15) is 36.5 Å². The molecular weight excluding hydrogens is 338 g/mol. The molecule has 0 saturated carbocycles. The molecule has 0 aliphatic heterocycles. The Morgan fingerprint density at radius 2 is 1.60 bits per heavy atom. The largest absolute Gasteiger partial charge is 0.326 e. The molecule has 0 unspecified atom stereocenters. The highest BCUT2D eigenvalue weighted by Gasteiger charge is 2.25. The van der Waals surface area contributed by atoms with E-state index >= 15 is 0 Å². The maximum atomic E-state index is 12.5. The lowest BCUT2D eigenvalue weighted by Gasteiger charge is -2.13. The Balaban J connectivity index is 1.90. The van der Waals surface area contributed by atoms with E-state index in [0.717, 1.165) is 0 Å². The van der Waals surface area contributed by atoms with Gasteiger partial charge in [-0.2, -0.15) is 0 Å². The van der Waals surface area contributed by atoms with Crippen LogP contribution < -0.4 is 5.32 Å². The van der Waals surface area contributed by atoms with Crippen LogP contribution in [0.15, 0.2) is 54.6 Å². The van der Waals surface area contributed by atoms with Crippen LogP contribution in [0.4, 0.5) is 5.69 Å².